The molecule has 0 saturated carbocycles. The predicted octanol–water partition coefficient (Wildman–Crippen LogP) is -1.16. The van der Waals surface area contributed by atoms with Gasteiger partial charge in [-0.2, -0.15) is 0 Å². The number of benzene rings is 1. The summed E-state index contributed by atoms with van der Waals surface area (Å²) >= 11 is 0. The molecule has 2 saturated heterocycles. The molecule has 176 valence electrons. The fraction of sp³-hybridized carbons (Fsp3) is 0.524. The van der Waals surface area contributed by atoms with Crippen LogP contribution in [0, 0.1) is 0 Å². The monoisotopic (exact) mass is 453 g/mol. The number of esters is 2. The van der Waals surface area contributed by atoms with Crippen LogP contribution >= 0.6 is 0 Å². The van der Waals surface area contributed by atoms with Gasteiger partial charge in [-0.1, -0.05) is 0 Å². The average Bonchev–Trinajstić information content (AvgIpc) is 2.74. The van der Waals surface area contributed by atoms with Gasteiger partial charge in [0.05, 0.1) is 13.7 Å². The van der Waals surface area contributed by atoms with Gasteiger partial charge >= 0.3 is 11.9 Å². The molecule has 32 heavy (non-hydrogen) atoms. The normalized spacial score (nSPS) is 29.5. The Morgan fingerprint density at radius 1 is 1.34 bits per heavy atom. The van der Waals surface area contributed by atoms with E-state index in [4.69, 9.17) is 18.9 Å². The summed E-state index contributed by atoms with van der Waals surface area (Å²) in [5, 5.41) is 43.4. The molecule has 5 N–H and O–H groups in total. The van der Waals surface area contributed by atoms with E-state index in [2.05, 4.69) is 5.32 Å². The van der Waals surface area contributed by atoms with Gasteiger partial charge in [-0.05, 0) is 35.8 Å². The Bertz CT molecular complexity index is 888. The molecule has 0 radical (unpaired) electrons. The van der Waals surface area contributed by atoms with Crippen LogP contribution in [0.2, 0.25) is 0 Å². The third-order valence-electron chi connectivity index (χ3n) is 5.31. The lowest BCUT2D eigenvalue weighted by Crippen LogP contribution is -2.73. The van der Waals surface area contributed by atoms with Gasteiger partial charge in [-0.25, -0.2) is 4.79 Å². The summed E-state index contributed by atoms with van der Waals surface area (Å²) in [6, 6.07) is 2.90. The van der Waals surface area contributed by atoms with Crippen LogP contribution in [-0.2, 0) is 30.2 Å². The van der Waals surface area contributed by atoms with Crippen molar-refractivity contribution in [2.24, 2.45) is 0 Å². The summed E-state index contributed by atoms with van der Waals surface area (Å²) in [5.74, 6) is -3.56. The molecule has 2 aliphatic rings. The first-order chi connectivity index (χ1) is 15.2. The van der Waals surface area contributed by atoms with Gasteiger partial charge in [0.1, 0.15) is 12.2 Å². The van der Waals surface area contributed by atoms with E-state index in [1.807, 2.05) is 0 Å². The second-order valence-electron chi connectivity index (χ2n) is 7.58. The fourth-order valence-electron chi connectivity index (χ4n) is 3.83. The molecule has 2 fully saturated rings. The van der Waals surface area contributed by atoms with Gasteiger partial charge in [-0.3, -0.25) is 4.79 Å². The van der Waals surface area contributed by atoms with Gasteiger partial charge in [-0.15, -0.1) is 0 Å². The highest BCUT2D eigenvalue weighted by molar-refractivity contribution is 5.87. The van der Waals surface area contributed by atoms with Crippen LogP contribution in [0.3, 0.4) is 0 Å². The van der Waals surface area contributed by atoms with Crippen molar-refractivity contribution in [3.05, 3.63) is 29.3 Å². The molecule has 2 aliphatic heterocycles. The molecule has 0 aliphatic carbocycles. The number of ether oxygens (including phenoxy) is 4. The highest BCUT2D eigenvalue weighted by Crippen LogP contribution is 2.34. The lowest BCUT2D eigenvalue weighted by atomic mass is 9.89. The van der Waals surface area contributed by atoms with E-state index in [1.54, 1.807) is 0 Å². The van der Waals surface area contributed by atoms with Crippen molar-refractivity contribution in [1.29, 1.82) is 0 Å². The summed E-state index contributed by atoms with van der Waals surface area (Å²) in [4.78, 5) is 24.1. The number of rotatable bonds is 7. The standard InChI is InChI=1S/C21H27NO10/c1-11(24)30-19-18(27)16-9-22-10-21(28,32-16)20(19)31-17(26)4-3-12-8-15(29-2)14(25)7-13(12)5-6-23/h3-4,7-8,16,18-20,22-23,25,27-28H,5-6,9-10H2,1-2H3. The van der Waals surface area contributed by atoms with Crippen molar-refractivity contribution >= 4 is 18.0 Å². The molecule has 1 aromatic rings. The zero-order valence-electron chi connectivity index (χ0n) is 17.7. The summed E-state index contributed by atoms with van der Waals surface area (Å²) < 4.78 is 21.1. The zero-order chi connectivity index (χ0) is 23.5. The molecule has 5 atom stereocenters. The molecule has 5 unspecified atom stereocenters. The van der Waals surface area contributed by atoms with Crippen LogP contribution in [0.25, 0.3) is 6.08 Å². The number of hydrogen-bond donors (Lipinski definition) is 5. The number of aromatic hydroxyl groups is 1. The van der Waals surface area contributed by atoms with E-state index in [0.29, 0.717) is 11.1 Å². The van der Waals surface area contributed by atoms with Crippen molar-refractivity contribution in [2.45, 2.75) is 43.5 Å². The Kier molecular flexibility index (Phi) is 7.36. The maximum atomic E-state index is 12.6. The lowest BCUT2D eigenvalue weighted by Gasteiger charge is -2.50. The topological polar surface area (TPSA) is 164 Å². The SMILES string of the molecule is COc1cc(C=CC(=O)OC2C(OC(C)=O)C(O)C3CNCC2(O)O3)c(CCO)cc1O. The van der Waals surface area contributed by atoms with E-state index in [0.717, 1.165) is 13.0 Å². The molecule has 3 rings (SSSR count). The quantitative estimate of drug-likeness (QED) is 0.250. The van der Waals surface area contributed by atoms with Crippen LogP contribution < -0.4 is 10.1 Å². The molecule has 0 aromatic heterocycles. The minimum absolute atomic E-state index is 0.106. The highest BCUT2D eigenvalue weighted by Gasteiger charge is 2.59. The number of morpholine rings is 1. The van der Waals surface area contributed by atoms with Gasteiger partial charge in [0.2, 0.25) is 5.79 Å². The van der Waals surface area contributed by atoms with E-state index >= 15 is 0 Å². The number of aliphatic hydroxyl groups excluding tert-OH is 2. The van der Waals surface area contributed by atoms with Crippen molar-refractivity contribution < 1.29 is 49.0 Å². The Hall–Kier alpha value is -2.70. The van der Waals surface area contributed by atoms with E-state index in [9.17, 15) is 30.0 Å². The molecule has 2 heterocycles. The molecular weight excluding hydrogens is 426 g/mol. The van der Waals surface area contributed by atoms with Gasteiger partial charge < -0.3 is 44.7 Å². The Morgan fingerprint density at radius 2 is 2.09 bits per heavy atom. The van der Waals surface area contributed by atoms with Crippen LogP contribution in [0.4, 0.5) is 0 Å². The second-order valence-corrected chi connectivity index (χ2v) is 7.58. The number of β-amino-alcohol motifs (C(OH)–C–C–N with tert-alkyl or cyclic N) is 1. The third-order valence-corrected chi connectivity index (χ3v) is 5.31. The number of methoxy groups -OCH3 is 1. The predicted molar refractivity (Wildman–Crippen MR) is 109 cm³/mol. The number of nitrogens with one attached hydrogen (secondary N) is 1. The first kappa shape index (κ1) is 24.0. The number of phenolic OH excluding ortho intramolecular Hbond substituents is 1. The van der Waals surface area contributed by atoms with Crippen LogP contribution in [0.15, 0.2) is 18.2 Å². The molecule has 1 aromatic carbocycles. The van der Waals surface area contributed by atoms with Crippen molar-refractivity contribution in [1.82, 2.24) is 5.32 Å². The summed E-state index contributed by atoms with van der Waals surface area (Å²) in [6.45, 7) is 1.07. The highest BCUT2D eigenvalue weighted by atomic mass is 16.7. The fourth-order valence-corrected chi connectivity index (χ4v) is 3.83. The van der Waals surface area contributed by atoms with Gasteiger partial charge in [0.25, 0.3) is 0 Å². The Balaban J connectivity index is 1.83. The van der Waals surface area contributed by atoms with Crippen molar-refractivity contribution in [3.63, 3.8) is 0 Å². The van der Waals surface area contributed by atoms with Crippen LogP contribution in [0.1, 0.15) is 18.1 Å². The average molecular weight is 453 g/mol. The minimum atomic E-state index is -2.00. The first-order valence-electron chi connectivity index (χ1n) is 10.0. The molecule has 0 amide bonds. The smallest absolute Gasteiger partial charge is 0.331 e. The molecule has 2 bridgehead atoms. The second kappa shape index (κ2) is 9.84. The summed E-state index contributed by atoms with van der Waals surface area (Å²) in [6.07, 6.45) is -2.32. The number of aliphatic hydroxyl groups is 3. The van der Waals surface area contributed by atoms with Crippen molar-refractivity contribution in [3.8, 4) is 11.5 Å². The number of hydrogen-bond acceptors (Lipinski definition) is 11. The largest absolute Gasteiger partial charge is 0.504 e. The molecule has 0 spiro atoms. The van der Waals surface area contributed by atoms with E-state index in [1.165, 1.54) is 25.3 Å². The third kappa shape index (κ3) is 5.03. The van der Waals surface area contributed by atoms with Gasteiger partial charge in [0, 0.05) is 26.2 Å². The number of phenols is 1. The molecule has 11 nitrogen and oxygen atoms in total. The van der Waals surface area contributed by atoms with Crippen LogP contribution in [0.5, 0.6) is 11.5 Å². The summed E-state index contributed by atoms with van der Waals surface area (Å²) in [7, 11) is 1.37. The molecular formula is C21H27NO10. The molecule has 11 heteroatoms. The van der Waals surface area contributed by atoms with Crippen LogP contribution in [-0.4, -0.2) is 89.4 Å². The Labute approximate surface area is 184 Å². The minimum Gasteiger partial charge on any atom is -0.504 e. The Morgan fingerprint density at radius 3 is 2.75 bits per heavy atom. The van der Waals surface area contributed by atoms with Crippen molar-refractivity contribution in [2.75, 3.05) is 26.8 Å². The number of carbonyl (C=O) groups is 2. The maximum Gasteiger partial charge on any atom is 0.331 e. The zero-order valence-corrected chi connectivity index (χ0v) is 17.7. The lowest BCUT2D eigenvalue weighted by molar-refractivity contribution is -0.354. The summed E-state index contributed by atoms with van der Waals surface area (Å²) in [5.41, 5.74) is 1.04. The van der Waals surface area contributed by atoms with E-state index < -0.39 is 42.1 Å². The van der Waals surface area contributed by atoms with E-state index in [-0.39, 0.29) is 37.6 Å². The first-order valence-corrected chi connectivity index (χ1v) is 10.0. The maximum absolute atomic E-state index is 12.6. The van der Waals surface area contributed by atoms with Gasteiger partial charge in [0.15, 0.2) is 23.7 Å². The number of fused-ring (bicyclic) bond motifs is 2. The number of carbonyl (C=O) groups excluding carboxylic acids is 2.